The van der Waals surface area contributed by atoms with Crippen LogP contribution in [0, 0.1) is 10.8 Å². The van der Waals surface area contributed by atoms with Crippen LogP contribution in [-0.2, 0) is 19.1 Å². The number of rotatable bonds is 11. The van der Waals surface area contributed by atoms with E-state index in [0.717, 1.165) is 0 Å². The van der Waals surface area contributed by atoms with Gasteiger partial charge in [0.15, 0.2) is 0 Å². The quantitative estimate of drug-likeness (QED) is 0.253. The first-order valence-corrected chi connectivity index (χ1v) is 8.36. The van der Waals surface area contributed by atoms with E-state index in [1.807, 2.05) is 0 Å². The first kappa shape index (κ1) is 33.7. The Balaban J connectivity index is 5.61. The molecule has 2 N–H and O–H groups in total. The third-order valence-corrected chi connectivity index (χ3v) is 4.32. The zero-order valence-corrected chi connectivity index (χ0v) is 16.4. The van der Waals surface area contributed by atoms with Gasteiger partial charge in [-0.3, -0.25) is 9.59 Å². The van der Waals surface area contributed by atoms with Crippen LogP contribution in [0.5, 0.6) is 0 Å². The molecule has 214 valence electrons. The zero-order valence-electron chi connectivity index (χ0n) is 16.4. The van der Waals surface area contributed by atoms with Crippen molar-refractivity contribution >= 4 is 11.9 Å². The smallest absolute Gasteiger partial charge is 0.422 e. The van der Waals surface area contributed by atoms with E-state index in [1.54, 1.807) is 0 Å². The largest absolute Gasteiger partial charge is 0.480 e. The summed E-state index contributed by atoms with van der Waals surface area (Å²) in [5.41, 5.74) is -13.7. The summed E-state index contributed by atoms with van der Waals surface area (Å²) in [6, 6.07) is 0. The topological polar surface area (TPSA) is 93.1 Å². The third-order valence-electron chi connectivity index (χ3n) is 4.32. The fourth-order valence-electron chi connectivity index (χ4n) is 2.54. The number of carbonyl (C=O) groups is 2. The van der Waals surface area contributed by atoms with Crippen molar-refractivity contribution in [3.05, 3.63) is 0 Å². The Morgan fingerprint density at radius 2 is 0.667 bits per heavy atom. The van der Waals surface area contributed by atoms with E-state index < -0.39 is 85.7 Å². The molecular weight excluding hydrogens is 568 g/mol. The predicted molar refractivity (Wildman–Crippen MR) is 75.4 cm³/mol. The van der Waals surface area contributed by atoms with Crippen LogP contribution in [0.3, 0.4) is 0 Å². The first-order chi connectivity index (χ1) is 15.6. The third kappa shape index (κ3) is 5.37. The van der Waals surface area contributed by atoms with E-state index in [-0.39, 0.29) is 0 Å². The maximum absolute atomic E-state index is 13.7. The minimum atomic E-state index is -7.24. The summed E-state index contributed by atoms with van der Waals surface area (Å²) in [5, 5.41) is 16.6. The number of ether oxygens (including phenoxy) is 2. The van der Waals surface area contributed by atoms with Gasteiger partial charge in [0, 0.05) is 0 Å². The minimum Gasteiger partial charge on any atom is -0.480 e. The lowest BCUT2D eigenvalue weighted by atomic mass is 9.84. The molecule has 0 aromatic carbocycles. The molecule has 0 aliphatic carbocycles. The molecule has 0 saturated heterocycles. The second kappa shape index (κ2) is 9.89. The van der Waals surface area contributed by atoms with Crippen LogP contribution in [0.25, 0.3) is 0 Å². The fourth-order valence-corrected chi connectivity index (χ4v) is 2.54. The van der Waals surface area contributed by atoms with Gasteiger partial charge >= 0.3 is 59.7 Å². The molecule has 0 heterocycles. The lowest BCUT2D eigenvalue weighted by Gasteiger charge is -2.38. The highest BCUT2D eigenvalue weighted by molar-refractivity contribution is 5.78. The maximum atomic E-state index is 13.7. The SMILES string of the molecule is O=C(O)C(C(F)(F)F)(C(F)(F)F)C(F)(F)OCCCCOC(F)(F)C(C(=O)O)(C(F)(F)F)C(F)(F)F. The van der Waals surface area contributed by atoms with Crippen LogP contribution >= 0.6 is 0 Å². The van der Waals surface area contributed by atoms with Crippen molar-refractivity contribution in [3.8, 4) is 0 Å². The van der Waals surface area contributed by atoms with Gasteiger partial charge in [0.1, 0.15) is 0 Å². The fraction of sp³-hybridized carbons (Fsp3) is 0.857. The molecule has 0 fully saturated rings. The van der Waals surface area contributed by atoms with E-state index in [2.05, 4.69) is 9.47 Å². The number of halogens is 16. The molecular formula is C14H10F16O6. The van der Waals surface area contributed by atoms with E-state index in [1.165, 1.54) is 0 Å². The van der Waals surface area contributed by atoms with Gasteiger partial charge in [0.05, 0.1) is 13.2 Å². The second-order valence-electron chi connectivity index (χ2n) is 6.54. The number of hydrogen-bond donors (Lipinski definition) is 2. The standard InChI is InChI=1S/C14H10F16O6/c15-9(16,17)7(5(31)32,10(18,19)20)13(27,28)35-3-1-2-4-36-14(29,30)8(6(33)34,11(21,22)23)12(24,25)26/h1-4H2,(H,31,32)(H,33,34). The molecule has 0 aliphatic heterocycles. The van der Waals surface area contributed by atoms with Crippen LogP contribution in [0.2, 0.25) is 0 Å². The molecule has 0 aromatic heterocycles. The van der Waals surface area contributed by atoms with Crippen LogP contribution < -0.4 is 0 Å². The van der Waals surface area contributed by atoms with Crippen LogP contribution in [0.4, 0.5) is 70.2 Å². The summed E-state index contributed by atoms with van der Waals surface area (Å²) >= 11 is 0. The lowest BCUT2D eigenvalue weighted by Crippen LogP contribution is -2.66. The Hall–Kier alpha value is -2.26. The number of carboxylic acids is 2. The molecule has 0 aliphatic rings. The van der Waals surface area contributed by atoms with Gasteiger partial charge in [-0.1, -0.05) is 0 Å². The number of unbranched alkanes of at least 4 members (excludes halogenated alkanes) is 1. The van der Waals surface area contributed by atoms with Gasteiger partial charge < -0.3 is 19.7 Å². The average Bonchev–Trinajstić information content (AvgIpc) is 2.51. The number of alkyl halides is 16. The molecule has 0 aromatic rings. The van der Waals surface area contributed by atoms with E-state index in [9.17, 15) is 79.8 Å². The number of hydrogen-bond acceptors (Lipinski definition) is 4. The minimum absolute atomic E-state index is 1.44. The molecule has 0 saturated carbocycles. The van der Waals surface area contributed by atoms with Gasteiger partial charge in [0.2, 0.25) is 0 Å². The molecule has 0 amide bonds. The molecule has 0 rings (SSSR count). The molecule has 0 unspecified atom stereocenters. The highest BCUT2D eigenvalue weighted by Gasteiger charge is 2.89. The summed E-state index contributed by atoms with van der Waals surface area (Å²) in [5.74, 6) is -8.33. The molecule has 0 atom stereocenters. The predicted octanol–water partition coefficient (Wildman–Crippen LogP) is 5.38. The highest BCUT2D eigenvalue weighted by Crippen LogP contribution is 2.60. The molecule has 36 heavy (non-hydrogen) atoms. The molecule has 22 heteroatoms. The summed E-state index contributed by atoms with van der Waals surface area (Å²) in [6.45, 7) is -4.10. The van der Waals surface area contributed by atoms with Crippen molar-refractivity contribution in [2.75, 3.05) is 13.2 Å². The Bertz CT molecular complexity index is 699. The van der Waals surface area contributed by atoms with Gasteiger partial charge in [-0.05, 0) is 12.8 Å². The first-order valence-electron chi connectivity index (χ1n) is 8.36. The van der Waals surface area contributed by atoms with Crippen LogP contribution in [-0.4, -0.2) is 72.3 Å². The molecule has 6 nitrogen and oxygen atoms in total. The molecule has 0 bridgehead atoms. The van der Waals surface area contributed by atoms with E-state index >= 15 is 0 Å². The number of carboxylic acid groups (broad SMARTS) is 2. The van der Waals surface area contributed by atoms with Crippen molar-refractivity contribution in [1.29, 1.82) is 0 Å². The van der Waals surface area contributed by atoms with Crippen LogP contribution in [0.1, 0.15) is 12.8 Å². The van der Waals surface area contributed by atoms with Crippen molar-refractivity contribution < 1.29 is 99.5 Å². The van der Waals surface area contributed by atoms with E-state index in [0.29, 0.717) is 0 Å². The Labute approximate surface area is 186 Å². The lowest BCUT2D eigenvalue weighted by molar-refractivity contribution is -0.442. The van der Waals surface area contributed by atoms with Crippen LogP contribution in [0.15, 0.2) is 0 Å². The second-order valence-corrected chi connectivity index (χ2v) is 6.54. The molecule has 0 radical (unpaired) electrons. The Kier molecular flexibility index (Phi) is 9.27. The monoisotopic (exact) mass is 578 g/mol. The molecule has 0 spiro atoms. The van der Waals surface area contributed by atoms with Crippen molar-refractivity contribution in [2.24, 2.45) is 10.8 Å². The summed E-state index contributed by atoms with van der Waals surface area (Å²) in [7, 11) is 0. The normalized spacial score (nSPS) is 15.2. The summed E-state index contributed by atoms with van der Waals surface area (Å²) in [6.07, 6.45) is -45.1. The van der Waals surface area contributed by atoms with Gasteiger partial charge in [-0.25, -0.2) is 0 Å². The van der Waals surface area contributed by atoms with Gasteiger partial charge in [-0.15, -0.1) is 0 Å². The van der Waals surface area contributed by atoms with Crippen molar-refractivity contribution in [3.63, 3.8) is 0 Å². The Morgan fingerprint density at radius 3 is 0.806 bits per heavy atom. The Morgan fingerprint density at radius 1 is 0.472 bits per heavy atom. The number of aliphatic carboxylic acids is 2. The van der Waals surface area contributed by atoms with Crippen molar-refractivity contribution in [2.45, 2.75) is 49.8 Å². The highest BCUT2D eigenvalue weighted by atomic mass is 19.4. The zero-order chi connectivity index (χ0) is 29.4. The van der Waals surface area contributed by atoms with Gasteiger partial charge in [0.25, 0.3) is 0 Å². The maximum Gasteiger partial charge on any atom is 0.422 e. The van der Waals surface area contributed by atoms with Gasteiger partial charge in [-0.2, -0.15) is 70.2 Å². The summed E-state index contributed by atoms with van der Waals surface area (Å²) < 4.78 is 214. The summed E-state index contributed by atoms with van der Waals surface area (Å²) in [4.78, 5) is 21.2. The average molecular weight is 578 g/mol. The van der Waals surface area contributed by atoms with E-state index in [4.69, 9.17) is 10.2 Å². The van der Waals surface area contributed by atoms with Crippen molar-refractivity contribution in [1.82, 2.24) is 0 Å².